The van der Waals surface area contributed by atoms with E-state index in [1.807, 2.05) is 29.2 Å². The van der Waals surface area contributed by atoms with E-state index in [0.29, 0.717) is 16.9 Å². The number of nitrogens with zero attached hydrogens (tertiary/aromatic N) is 1. The molecule has 3 nitrogen and oxygen atoms in total. The number of anilines is 1. The van der Waals surface area contributed by atoms with Gasteiger partial charge in [-0.05, 0) is 42.9 Å². The smallest absolute Gasteiger partial charge is 0.323 e. The minimum Gasteiger partial charge on any atom is -0.480 e. The van der Waals surface area contributed by atoms with E-state index in [1.54, 1.807) is 0 Å². The van der Waals surface area contributed by atoms with Gasteiger partial charge < -0.3 is 10.0 Å². The van der Waals surface area contributed by atoms with Gasteiger partial charge in [0.1, 0.15) is 6.54 Å². The lowest BCUT2D eigenvalue weighted by atomic mass is 9.77. The number of carboxylic acids is 1. The molecule has 2 rings (SSSR count). The van der Waals surface area contributed by atoms with Crippen LogP contribution in [0.4, 0.5) is 5.69 Å². The standard InChI is InChI=1S/C16H22ClNO2/c1-11-5-3-6-12(2)16(11)18(10-15(19)20)14-8-4-7-13(17)9-14/h4,7-9,11-12,16H,3,5-6,10H2,1-2H3,(H,19,20). The van der Waals surface area contributed by atoms with Crippen LogP contribution < -0.4 is 4.90 Å². The summed E-state index contributed by atoms with van der Waals surface area (Å²) in [7, 11) is 0. The van der Waals surface area contributed by atoms with Gasteiger partial charge in [-0.3, -0.25) is 4.79 Å². The molecule has 1 fully saturated rings. The summed E-state index contributed by atoms with van der Waals surface area (Å²) in [5.41, 5.74) is 0.908. The number of carboxylic acid groups (broad SMARTS) is 1. The van der Waals surface area contributed by atoms with Gasteiger partial charge in [-0.2, -0.15) is 0 Å². The summed E-state index contributed by atoms with van der Waals surface area (Å²) in [6.45, 7) is 4.47. The van der Waals surface area contributed by atoms with Gasteiger partial charge in [-0.25, -0.2) is 0 Å². The number of benzene rings is 1. The minimum atomic E-state index is -0.796. The van der Waals surface area contributed by atoms with Crippen LogP contribution in [0.3, 0.4) is 0 Å². The van der Waals surface area contributed by atoms with Crippen LogP contribution in [0.25, 0.3) is 0 Å². The van der Waals surface area contributed by atoms with E-state index in [-0.39, 0.29) is 12.6 Å². The highest BCUT2D eigenvalue weighted by Gasteiger charge is 2.33. The summed E-state index contributed by atoms with van der Waals surface area (Å²) in [4.78, 5) is 13.3. The quantitative estimate of drug-likeness (QED) is 0.911. The van der Waals surface area contributed by atoms with Gasteiger partial charge in [0.15, 0.2) is 0 Å². The van der Waals surface area contributed by atoms with Crippen molar-refractivity contribution in [3.8, 4) is 0 Å². The highest BCUT2D eigenvalue weighted by atomic mass is 35.5. The lowest BCUT2D eigenvalue weighted by molar-refractivity contribution is -0.135. The Kier molecular flexibility index (Phi) is 4.92. The summed E-state index contributed by atoms with van der Waals surface area (Å²) in [6, 6.07) is 7.77. The van der Waals surface area contributed by atoms with E-state index in [4.69, 9.17) is 11.6 Å². The highest BCUT2D eigenvalue weighted by Crippen LogP contribution is 2.35. The summed E-state index contributed by atoms with van der Waals surface area (Å²) >= 11 is 6.06. The zero-order chi connectivity index (χ0) is 14.7. The first-order chi connectivity index (χ1) is 9.49. The molecule has 2 atom stereocenters. The number of halogens is 1. The van der Waals surface area contributed by atoms with Crippen molar-refractivity contribution in [2.24, 2.45) is 11.8 Å². The Morgan fingerprint density at radius 2 is 2.00 bits per heavy atom. The van der Waals surface area contributed by atoms with Crippen molar-refractivity contribution in [3.05, 3.63) is 29.3 Å². The number of aliphatic carboxylic acids is 1. The van der Waals surface area contributed by atoms with Gasteiger partial charge in [0.2, 0.25) is 0 Å². The third-order valence-electron chi connectivity index (χ3n) is 4.29. The minimum absolute atomic E-state index is 0.0275. The Labute approximate surface area is 125 Å². The largest absolute Gasteiger partial charge is 0.480 e. The lowest BCUT2D eigenvalue weighted by Crippen LogP contribution is -2.48. The maximum atomic E-state index is 11.2. The van der Waals surface area contributed by atoms with E-state index in [9.17, 15) is 9.90 Å². The maximum absolute atomic E-state index is 11.2. The predicted molar refractivity (Wildman–Crippen MR) is 82.4 cm³/mol. The normalized spacial score (nSPS) is 26.2. The van der Waals surface area contributed by atoms with Gasteiger partial charge in [0, 0.05) is 16.8 Å². The molecule has 1 aromatic carbocycles. The molecule has 0 saturated heterocycles. The van der Waals surface area contributed by atoms with Crippen LogP contribution in [0.5, 0.6) is 0 Å². The molecule has 1 aromatic rings. The van der Waals surface area contributed by atoms with Gasteiger partial charge in [-0.1, -0.05) is 37.9 Å². The van der Waals surface area contributed by atoms with Gasteiger partial charge in [0.05, 0.1) is 0 Å². The molecule has 1 aliphatic rings. The summed E-state index contributed by atoms with van der Waals surface area (Å²) in [5.74, 6) is 0.198. The van der Waals surface area contributed by atoms with Crippen LogP contribution in [-0.2, 0) is 4.79 Å². The Bertz CT molecular complexity index is 467. The number of rotatable bonds is 4. The van der Waals surface area contributed by atoms with Crippen LogP contribution in [-0.4, -0.2) is 23.7 Å². The molecule has 20 heavy (non-hydrogen) atoms. The molecule has 1 N–H and O–H groups in total. The van der Waals surface area contributed by atoms with Gasteiger partial charge >= 0.3 is 5.97 Å². The van der Waals surface area contributed by atoms with Crippen LogP contribution in [0.15, 0.2) is 24.3 Å². The molecule has 0 aromatic heterocycles. The van der Waals surface area contributed by atoms with Crippen molar-refractivity contribution < 1.29 is 9.90 Å². The lowest BCUT2D eigenvalue weighted by Gasteiger charge is -2.43. The molecule has 0 aliphatic heterocycles. The first-order valence-corrected chi connectivity index (χ1v) is 7.61. The number of hydrogen-bond donors (Lipinski definition) is 1. The number of hydrogen-bond acceptors (Lipinski definition) is 2. The zero-order valence-electron chi connectivity index (χ0n) is 12.1. The van der Waals surface area contributed by atoms with Crippen LogP contribution >= 0.6 is 11.6 Å². The Hall–Kier alpha value is -1.22. The Morgan fingerprint density at radius 3 is 2.55 bits per heavy atom. The van der Waals surface area contributed by atoms with Gasteiger partial charge in [-0.15, -0.1) is 0 Å². The fourth-order valence-corrected chi connectivity index (χ4v) is 3.63. The van der Waals surface area contributed by atoms with Crippen molar-refractivity contribution in [1.29, 1.82) is 0 Å². The second-order valence-corrected chi connectivity index (χ2v) is 6.31. The topological polar surface area (TPSA) is 40.5 Å². The summed E-state index contributed by atoms with van der Waals surface area (Å²) < 4.78 is 0. The van der Waals surface area contributed by atoms with E-state index < -0.39 is 5.97 Å². The first kappa shape index (κ1) is 15.2. The van der Waals surface area contributed by atoms with Crippen molar-refractivity contribution in [2.75, 3.05) is 11.4 Å². The third kappa shape index (κ3) is 3.45. The fourth-order valence-electron chi connectivity index (χ4n) is 3.45. The molecular formula is C16H22ClNO2. The van der Waals surface area contributed by atoms with Crippen LogP contribution in [0.2, 0.25) is 5.02 Å². The maximum Gasteiger partial charge on any atom is 0.323 e. The van der Waals surface area contributed by atoms with Crippen LogP contribution in [0, 0.1) is 11.8 Å². The highest BCUT2D eigenvalue weighted by molar-refractivity contribution is 6.30. The van der Waals surface area contributed by atoms with E-state index in [2.05, 4.69) is 13.8 Å². The molecule has 0 spiro atoms. The summed E-state index contributed by atoms with van der Waals surface area (Å²) in [5, 5.41) is 9.89. The monoisotopic (exact) mass is 295 g/mol. The molecule has 0 radical (unpaired) electrons. The SMILES string of the molecule is CC1CCCC(C)C1N(CC(=O)O)c1cccc(Cl)c1. The molecule has 110 valence electrons. The molecule has 0 amide bonds. The van der Waals surface area contributed by atoms with E-state index >= 15 is 0 Å². The second-order valence-electron chi connectivity index (χ2n) is 5.88. The average Bonchev–Trinajstić information content (AvgIpc) is 2.37. The second kappa shape index (κ2) is 6.49. The molecule has 1 saturated carbocycles. The Balaban J connectivity index is 2.33. The fraction of sp³-hybridized carbons (Fsp3) is 0.562. The van der Waals surface area contributed by atoms with Crippen LogP contribution in [0.1, 0.15) is 33.1 Å². The molecule has 2 unspecified atom stereocenters. The molecule has 4 heteroatoms. The van der Waals surface area contributed by atoms with Crippen molar-refractivity contribution in [3.63, 3.8) is 0 Å². The van der Waals surface area contributed by atoms with Crippen molar-refractivity contribution in [1.82, 2.24) is 0 Å². The van der Waals surface area contributed by atoms with Crippen molar-refractivity contribution in [2.45, 2.75) is 39.2 Å². The third-order valence-corrected chi connectivity index (χ3v) is 4.53. The molecule has 1 aliphatic carbocycles. The van der Waals surface area contributed by atoms with Crippen molar-refractivity contribution >= 4 is 23.3 Å². The number of carbonyl (C=O) groups is 1. The van der Waals surface area contributed by atoms with Gasteiger partial charge in [0.25, 0.3) is 0 Å². The first-order valence-electron chi connectivity index (χ1n) is 7.23. The molecular weight excluding hydrogens is 274 g/mol. The Morgan fingerprint density at radius 1 is 1.35 bits per heavy atom. The summed E-state index contributed by atoms with van der Waals surface area (Å²) in [6.07, 6.45) is 3.55. The van der Waals surface area contributed by atoms with E-state index in [0.717, 1.165) is 18.5 Å². The zero-order valence-corrected chi connectivity index (χ0v) is 12.8. The van der Waals surface area contributed by atoms with E-state index in [1.165, 1.54) is 6.42 Å². The average molecular weight is 296 g/mol. The molecule has 0 bridgehead atoms. The molecule has 0 heterocycles. The predicted octanol–water partition coefficient (Wildman–Crippen LogP) is 4.06.